The van der Waals surface area contributed by atoms with Crippen LogP contribution in [0.5, 0.6) is 0 Å². The van der Waals surface area contributed by atoms with Crippen molar-refractivity contribution in [1.82, 2.24) is 0 Å². The number of benzene rings is 2. The van der Waals surface area contributed by atoms with Crippen molar-refractivity contribution in [2.75, 3.05) is 0 Å². The smallest absolute Gasteiger partial charge is 0.187 e. The Labute approximate surface area is 161 Å². The summed E-state index contributed by atoms with van der Waals surface area (Å²) >= 11 is 0. The van der Waals surface area contributed by atoms with E-state index in [9.17, 15) is 0 Å². The molecule has 2 unspecified atom stereocenters. The average Bonchev–Trinajstić information content (AvgIpc) is 2.61. The summed E-state index contributed by atoms with van der Waals surface area (Å²) in [5, 5.41) is 0. The zero-order valence-corrected chi connectivity index (χ0v) is 19.2. The van der Waals surface area contributed by atoms with Crippen molar-refractivity contribution in [1.29, 1.82) is 0 Å². The van der Waals surface area contributed by atoms with Gasteiger partial charge in [-0.1, -0.05) is 60.7 Å². The quantitative estimate of drug-likeness (QED) is 0.434. The molecule has 0 heterocycles. The highest BCUT2D eigenvalue weighted by Crippen LogP contribution is 2.30. The van der Waals surface area contributed by atoms with Crippen molar-refractivity contribution in [2.24, 2.45) is 0 Å². The van der Waals surface area contributed by atoms with Crippen LogP contribution in [0.2, 0.25) is 38.3 Å². The minimum absolute atomic E-state index is 0.159. The SMILES string of the molecule is CC(O[Si](C)(C)CC[Si](C)(C)OC(C)c1ccccc1)c1ccccc1. The van der Waals surface area contributed by atoms with Gasteiger partial charge in [0, 0.05) is 0 Å². The Morgan fingerprint density at radius 2 is 0.923 bits per heavy atom. The van der Waals surface area contributed by atoms with Crippen LogP contribution in [0.1, 0.15) is 37.2 Å². The van der Waals surface area contributed by atoms with Crippen LogP contribution in [-0.2, 0) is 8.85 Å². The molecule has 2 aromatic rings. The Hall–Kier alpha value is -1.21. The molecule has 4 heteroatoms. The van der Waals surface area contributed by atoms with E-state index in [1.165, 1.54) is 11.1 Å². The Kier molecular flexibility index (Phi) is 7.41. The van der Waals surface area contributed by atoms with Crippen LogP contribution < -0.4 is 0 Å². The summed E-state index contributed by atoms with van der Waals surface area (Å²) < 4.78 is 13.0. The molecule has 2 atom stereocenters. The molecule has 0 aliphatic heterocycles. The Balaban J connectivity index is 1.88. The summed E-state index contributed by atoms with van der Waals surface area (Å²) in [5.74, 6) is 0. The van der Waals surface area contributed by atoms with Gasteiger partial charge >= 0.3 is 0 Å². The molecular formula is C22H34O2Si2. The Bertz CT molecular complexity index is 597. The summed E-state index contributed by atoms with van der Waals surface area (Å²) in [6.45, 7) is 13.7. The van der Waals surface area contributed by atoms with Crippen molar-refractivity contribution in [3.8, 4) is 0 Å². The fourth-order valence-electron chi connectivity index (χ4n) is 3.26. The van der Waals surface area contributed by atoms with E-state index in [2.05, 4.69) is 101 Å². The van der Waals surface area contributed by atoms with Crippen molar-refractivity contribution >= 4 is 16.6 Å². The summed E-state index contributed by atoms with van der Waals surface area (Å²) in [6.07, 6.45) is 0.318. The van der Waals surface area contributed by atoms with E-state index in [1.54, 1.807) is 0 Å². The van der Waals surface area contributed by atoms with Gasteiger partial charge in [-0.2, -0.15) is 0 Å². The molecule has 0 aromatic heterocycles. The second kappa shape index (κ2) is 9.13. The van der Waals surface area contributed by atoms with Crippen LogP contribution in [0.25, 0.3) is 0 Å². The van der Waals surface area contributed by atoms with Gasteiger partial charge in [0.25, 0.3) is 0 Å². The summed E-state index contributed by atoms with van der Waals surface area (Å²) in [5.41, 5.74) is 2.53. The molecule has 0 saturated heterocycles. The highest BCUT2D eigenvalue weighted by Gasteiger charge is 2.32. The lowest BCUT2D eigenvalue weighted by molar-refractivity contribution is 0.209. The molecule has 0 radical (unpaired) electrons. The van der Waals surface area contributed by atoms with Gasteiger partial charge in [0.2, 0.25) is 0 Å². The number of hydrogen-bond donors (Lipinski definition) is 0. The molecule has 0 bridgehead atoms. The zero-order valence-electron chi connectivity index (χ0n) is 17.2. The first kappa shape index (κ1) is 21.1. The molecule has 0 N–H and O–H groups in total. The third-order valence-electron chi connectivity index (χ3n) is 4.86. The predicted molar refractivity (Wildman–Crippen MR) is 116 cm³/mol. The summed E-state index contributed by atoms with van der Waals surface area (Å²) in [6, 6.07) is 23.3. The molecule has 0 spiro atoms. The van der Waals surface area contributed by atoms with E-state index in [-0.39, 0.29) is 12.2 Å². The van der Waals surface area contributed by atoms with Gasteiger partial charge in [-0.05, 0) is 63.3 Å². The van der Waals surface area contributed by atoms with Crippen LogP contribution in [0.3, 0.4) is 0 Å². The standard InChI is InChI=1S/C22H34O2Si2/c1-19(21-13-9-7-10-14-21)23-25(3,4)17-18-26(5,6)24-20(2)22-15-11-8-12-16-22/h7-16,19-20H,17-18H2,1-6H3. The highest BCUT2D eigenvalue weighted by molar-refractivity contribution is 6.76. The van der Waals surface area contributed by atoms with Crippen LogP contribution in [0.4, 0.5) is 0 Å². The monoisotopic (exact) mass is 386 g/mol. The van der Waals surface area contributed by atoms with E-state index in [4.69, 9.17) is 8.85 Å². The van der Waals surface area contributed by atoms with E-state index in [1.807, 2.05) is 0 Å². The van der Waals surface area contributed by atoms with Crippen LogP contribution in [-0.4, -0.2) is 16.6 Å². The van der Waals surface area contributed by atoms with Crippen LogP contribution >= 0.6 is 0 Å². The first-order chi connectivity index (χ1) is 12.2. The first-order valence-corrected chi connectivity index (χ1v) is 15.9. The van der Waals surface area contributed by atoms with Crippen LogP contribution in [0.15, 0.2) is 60.7 Å². The normalized spacial score (nSPS) is 14.8. The molecule has 2 rings (SSSR count). The van der Waals surface area contributed by atoms with Crippen molar-refractivity contribution in [2.45, 2.75) is 64.3 Å². The molecule has 142 valence electrons. The summed E-state index contributed by atoms with van der Waals surface area (Å²) in [4.78, 5) is 0. The van der Waals surface area contributed by atoms with Crippen molar-refractivity contribution in [3.05, 3.63) is 71.8 Å². The van der Waals surface area contributed by atoms with Gasteiger partial charge in [-0.15, -0.1) is 0 Å². The van der Waals surface area contributed by atoms with Crippen molar-refractivity contribution < 1.29 is 8.85 Å². The largest absolute Gasteiger partial charge is 0.411 e. The van der Waals surface area contributed by atoms with E-state index < -0.39 is 16.6 Å². The van der Waals surface area contributed by atoms with E-state index in [0.29, 0.717) is 0 Å². The van der Waals surface area contributed by atoms with Gasteiger partial charge in [0.1, 0.15) is 0 Å². The average molecular weight is 387 g/mol. The van der Waals surface area contributed by atoms with Crippen LogP contribution in [0, 0.1) is 0 Å². The molecule has 0 amide bonds. The Morgan fingerprint density at radius 3 is 1.23 bits per heavy atom. The maximum atomic E-state index is 6.51. The van der Waals surface area contributed by atoms with Gasteiger partial charge in [0.15, 0.2) is 16.6 Å². The highest BCUT2D eigenvalue weighted by atomic mass is 28.4. The van der Waals surface area contributed by atoms with E-state index in [0.717, 1.165) is 12.1 Å². The zero-order chi connectivity index (χ0) is 19.2. The maximum absolute atomic E-state index is 6.51. The summed E-state index contributed by atoms with van der Waals surface area (Å²) in [7, 11) is -3.47. The van der Waals surface area contributed by atoms with Gasteiger partial charge in [-0.3, -0.25) is 0 Å². The third kappa shape index (κ3) is 6.84. The lowest BCUT2D eigenvalue weighted by Crippen LogP contribution is -2.38. The maximum Gasteiger partial charge on any atom is 0.187 e. The van der Waals surface area contributed by atoms with E-state index >= 15 is 0 Å². The lowest BCUT2D eigenvalue weighted by Gasteiger charge is -2.32. The number of hydrogen-bond acceptors (Lipinski definition) is 2. The molecule has 0 aliphatic carbocycles. The Morgan fingerprint density at radius 1 is 0.615 bits per heavy atom. The number of rotatable bonds is 9. The van der Waals surface area contributed by atoms with Gasteiger partial charge < -0.3 is 8.85 Å². The van der Waals surface area contributed by atoms with Gasteiger partial charge in [-0.25, -0.2) is 0 Å². The fourth-order valence-corrected chi connectivity index (χ4v) is 10.5. The minimum atomic E-state index is -1.73. The lowest BCUT2D eigenvalue weighted by atomic mass is 10.1. The molecular weight excluding hydrogens is 352 g/mol. The topological polar surface area (TPSA) is 18.5 Å². The van der Waals surface area contributed by atoms with Crippen molar-refractivity contribution in [3.63, 3.8) is 0 Å². The molecule has 2 nitrogen and oxygen atoms in total. The molecule has 0 fully saturated rings. The molecule has 0 aliphatic rings. The fraction of sp³-hybridized carbons (Fsp3) is 0.455. The van der Waals surface area contributed by atoms with Gasteiger partial charge in [0.05, 0.1) is 12.2 Å². The molecule has 2 aromatic carbocycles. The first-order valence-electron chi connectivity index (χ1n) is 9.64. The third-order valence-corrected chi connectivity index (χ3v) is 10.3. The second-order valence-corrected chi connectivity index (χ2v) is 16.9. The molecule has 0 saturated carbocycles. The predicted octanol–water partition coefficient (Wildman–Crippen LogP) is 6.95. The second-order valence-electron chi connectivity index (χ2n) is 8.36. The molecule has 26 heavy (non-hydrogen) atoms. The minimum Gasteiger partial charge on any atom is -0.411 e.